The second kappa shape index (κ2) is 51.6. The Bertz CT molecular complexity index is 1450. The first-order valence-electron chi connectivity index (χ1n) is 29.5. The summed E-state index contributed by atoms with van der Waals surface area (Å²) in [6, 6.07) is -0.832. The quantitative estimate of drug-likeness (QED) is 0.0261. The van der Waals surface area contributed by atoms with Crippen LogP contribution in [0.1, 0.15) is 239 Å². The fourth-order valence-electron chi connectivity index (χ4n) is 8.74. The number of amides is 1. The summed E-state index contributed by atoms with van der Waals surface area (Å²) in [5.74, 6) is -0.193. The summed E-state index contributed by atoms with van der Waals surface area (Å²) < 4.78 is 11.2. The summed E-state index contributed by atoms with van der Waals surface area (Å²) in [7, 11) is 0. The van der Waals surface area contributed by atoms with Crippen LogP contribution in [0.15, 0.2) is 97.2 Å². The second-order valence-electron chi connectivity index (χ2n) is 20.0. The van der Waals surface area contributed by atoms with Gasteiger partial charge >= 0.3 is 0 Å². The molecule has 7 atom stereocenters. The Morgan fingerprint density at radius 2 is 0.875 bits per heavy atom. The van der Waals surface area contributed by atoms with Crippen LogP contribution in [0.4, 0.5) is 0 Å². The van der Waals surface area contributed by atoms with Gasteiger partial charge in [0, 0.05) is 6.42 Å². The molecule has 72 heavy (non-hydrogen) atoms. The molecular formula is C63H109NO8. The third-order valence-corrected chi connectivity index (χ3v) is 13.4. The maximum Gasteiger partial charge on any atom is 0.220 e. The first-order chi connectivity index (χ1) is 35.3. The van der Waals surface area contributed by atoms with E-state index in [2.05, 4.69) is 104 Å². The minimum Gasteiger partial charge on any atom is -0.394 e. The Morgan fingerprint density at radius 1 is 0.486 bits per heavy atom. The summed E-state index contributed by atoms with van der Waals surface area (Å²) in [6.07, 6.45) is 67.7. The van der Waals surface area contributed by atoms with Crippen molar-refractivity contribution in [2.24, 2.45) is 0 Å². The fourth-order valence-corrected chi connectivity index (χ4v) is 8.74. The maximum absolute atomic E-state index is 13.1. The largest absolute Gasteiger partial charge is 0.394 e. The van der Waals surface area contributed by atoms with Crippen LogP contribution in [0.3, 0.4) is 0 Å². The molecule has 9 heteroatoms. The van der Waals surface area contributed by atoms with Crippen molar-refractivity contribution in [2.45, 2.75) is 281 Å². The van der Waals surface area contributed by atoms with E-state index in [0.29, 0.717) is 6.42 Å². The van der Waals surface area contributed by atoms with Gasteiger partial charge in [-0.05, 0) is 89.9 Å². The van der Waals surface area contributed by atoms with E-state index in [0.717, 1.165) is 83.5 Å². The van der Waals surface area contributed by atoms with Crippen molar-refractivity contribution in [3.63, 3.8) is 0 Å². The maximum atomic E-state index is 13.1. The van der Waals surface area contributed by atoms with Crippen LogP contribution in [0, 0.1) is 0 Å². The van der Waals surface area contributed by atoms with Crippen LogP contribution in [-0.4, -0.2) is 87.5 Å². The second-order valence-corrected chi connectivity index (χ2v) is 20.0. The average Bonchev–Trinajstić information content (AvgIpc) is 3.38. The number of aliphatic hydroxyl groups is 5. The molecule has 0 radical (unpaired) electrons. The first kappa shape index (κ1) is 67.1. The molecule has 0 bridgehead atoms. The van der Waals surface area contributed by atoms with E-state index < -0.39 is 49.5 Å². The fraction of sp³-hybridized carbons (Fsp3) is 0.730. The van der Waals surface area contributed by atoms with E-state index in [1.54, 1.807) is 6.08 Å². The van der Waals surface area contributed by atoms with E-state index in [4.69, 9.17) is 9.47 Å². The van der Waals surface area contributed by atoms with Gasteiger partial charge in [0.05, 0.1) is 25.4 Å². The smallest absolute Gasteiger partial charge is 0.220 e. The number of aliphatic hydroxyl groups excluding tert-OH is 5. The molecule has 6 N–H and O–H groups in total. The summed E-state index contributed by atoms with van der Waals surface area (Å²) >= 11 is 0. The van der Waals surface area contributed by atoms with Crippen LogP contribution in [0.5, 0.6) is 0 Å². The lowest BCUT2D eigenvalue weighted by molar-refractivity contribution is -0.302. The van der Waals surface area contributed by atoms with Gasteiger partial charge in [0.2, 0.25) is 5.91 Å². The third-order valence-electron chi connectivity index (χ3n) is 13.4. The number of nitrogens with one attached hydrogen (secondary N) is 1. The van der Waals surface area contributed by atoms with Gasteiger partial charge in [-0.1, -0.05) is 239 Å². The van der Waals surface area contributed by atoms with Crippen molar-refractivity contribution in [1.82, 2.24) is 5.32 Å². The highest BCUT2D eigenvalue weighted by Crippen LogP contribution is 2.23. The van der Waals surface area contributed by atoms with Gasteiger partial charge in [-0.3, -0.25) is 4.79 Å². The van der Waals surface area contributed by atoms with Crippen molar-refractivity contribution < 1.29 is 39.8 Å². The van der Waals surface area contributed by atoms with Crippen molar-refractivity contribution >= 4 is 5.91 Å². The monoisotopic (exact) mass is 1010 g/mol. The predicted molar refractivity (Wildman–Crippen MR) is 304 cm³/mol. The number of hydrogen-bond acceptors (Lipinski definition) is 8. The van der Waals surface area contributed by atoms with E-state index >= 15 is 0 Å². The number of rotatable bonds is 49. The zero-order valence-corrected chi connectivity index (χ0v) is 45.9. The first-order valence-corrected chi connectivity index (χ1v) is 29.5. The highest BCUT2D eigenvalue weighted by atomic mass is 16.7. The van der Waals surface area contributed by atoms with Crippen molar-refractivity contribution in [2.75, 3.05) is 13.2 Å². The lowest BCUT2D eigenvalue weighted by Gasteiger charge is -2.40. The van der Waals surface area contributed by atoms with Gasteiger partial charge in [-0.25, -0.2) is 0 Å². The number of carbonyl (C=O) groups is 1. The van der Waals surface area contributed by atoms with Gasteiger partial charge < -0.3 is 40.3 Å². The molecule has 7 unspecified atom stereocenters. The molecule has 0 aromatic carbocycles. The Labute approximate surface area is 441 Å². The van der Waals surface area contributed by atoms with Gasteiger partial charge in [0.25, 0.3) is 0 Å². The normalized spacial score (nSPS) is 19.9. The molecule has 1 rings (SSSR count). The standard InChI is InChI=1S/C63H109NO8/c1-3-5-7-9-11-13-15-17-19-21-22-23-24-25-26-27-28-29-30-31-32-33-34-35-36-37-39-41-43-45-47-49-51-53-59(67)64-56(55-71-63-62(70)61(69)60(68)58(54-65)72-63)57(66)52-50-48-46-44-42-40-38-20-18-16-14-12-10-8-6-4-2/h5,7,11,13,17-20,22-23,25-26,42,44,50,52,56-58,60-63,65-66,68-70H,3-4,6,8-10,12,14-16,21,24,27-41,43,45-49,51,53-55H2,1-2H3,(H,64,67)/b7-5-,13-11-,19-17-,20-18+,23-22-,26-25-,44-42+,52-50+. The molecule has 1 heterocycles. The summed E-state index contributed by atoms with van der Waals surface area (Å²) in [6.45, 7) is 3.63. The van der Waals surface area contributed by atoms with Crippen LogP contribution in [-0.2, 0) is 14.3 Å². The van der Waals surface area contributed by atoms with Crippen molar-refractivity contribution in [3.05, 3.63) is 97.2 Å². The van der Waals surface area contributed by atoms with Gasteiger partial charge in [0.15, 0.2) is 6.29 Å². The Hall–Kier alpha value is -2.89. The topological polar surface area (TPSA) is 149 Å². The number of hydrogen-bond donors (Lipinski definition) is 6. The molecule has 0 aromatic heterocycles. The molecule has 414 valence electrons. The molecule has 1 saturated heterocycles. The van der Waals surface area contributed by atoms with Gasteiger partial charge in [-0.2, -0.15) is 0 Å². The number of ether oxygens (including phenoxy) is 2. The summed E-state index contributed by atoms with van der Waals surface area (Å²) in [5, 5.41) is 54.4. The average molecular weight is 1010 g/mol. The molecule has 1 aliphatic heterocycles. The van der Waals surface area contributed by atoms with Crippen LogP contribution >= 0.6 is 0 Å². The molecule has 1 fully saturated rings. The Kier molecular flexibility index (Phi) is 48.1. The summed E-state index contributed by atoms with van der Waals surface area (Å²) in [5.41, 5.74) is 0. The Morgan fingerprint density at radius 3 is 1.33 bits per heavy atom. The molecule has 0 aliphatic carbocycles. The SMILES string of the molecule is CC/C=C\C/C=C\C/C=C\C/C=C\C/C=C\CCCCCCCCCCCCCCCCCCCC(=O)NC(COC1OC(CO)C(O)C(O)C1O)C(O)/C=C/CC/C=C/CC/C=C/CCCCCCCC. The highest BCUT2D eigenvalue weighted by Gasteiger charge is 2.44. The molecule has 0 aromatic rings. The molecule has 9 nitrogen and oxygen atoms in total. The van der Waals surface area contributed by atoms with Gasteiger partial charge in [0.1, 0.15) is 24.4 Å². The predicted octanol–water partition coefficient (Wildman–Crippen LogP) is 14.8. The highest BCUT2D eigenvalue weighted by molar-refractivity contribution is 5.76. The third kappa shape index (κ3) is 40.5. The lowest BCUT2D eigenvalue weighted by atomic mass is 9.99. The number of allylic oxidation sites excluding steroid dienone is 15. The zero-order valence-electron chi connectivity index (χ0n) is 45.9. The molecule has 1 aliphatic rings. The minimum atomic E-state index is -1.58. The van der Waals surface area contributed by atoms with E-state index in [-0.39, 0.29) is 12.5 Å². The molecule has 0 saturated carbocycles. The van der Waals surface area contributed by atoms with E-state index in [1.807, 2.05) is 6.08 Å². The lowest BCUT2D eigenvalue weighted by Crippen LogP contribution is -2.60. The van der Waals surface area contributed by atoms with Crippen LogP contribution < -0.4 is 5.32 Å². The Balaban J connectivity index is 2.17. The van der Waals surface area contributed by atoms with Crippen molar-refractivity contribution in [3.8, 4) is 0 Å². The van der Waals surface area contributed by atoms with Crippen LogP contribution in [0.25, 0.3) is 0 Å². The molecular weight excluding hydrogens is 899 g/mol. The number of unbranched alkanes of at least 4 members (excludes halogenated alkanes) is 25. The zero-order chi connectivity index (χ0) is 52.2. The van der Waals surface area contributed by atoms with Crippen LogP contribution in [0.2, 0.25) is 0 Å². The minimum absolute atomic E-state index is 0.193. The summed E-state index contributed by atoms with van der Waals surface area (Å²) in [4.78, 5) is 13.1. The van der Waals surface area contributed by atoms with Crippen molar-refractivity contribution in [1.29, 1.82) is 0 Å². The van der Waals surface area contributed by atoms with E-state index in [9.17, 15) is 30.3 Å². The molecule has 0 spiro atoms. The molecule has 1 amide bonds. The van der Waals surface area contributed by atoms with E-state index in [1.165, 1.54) is 135 Å². The number of carbonyl (C=O) groups excluding carboxylic acids is 1. The van der Waals surface area contributed by atoms with Gasteiger partial charge in [-0.15, -0.1) is 0 Å².